The van der Waals surface area contributed by atoms with Crippen LogP contribution in [0.4, 0.5) is 10.1 Å². The number of benzene rings is 1. The van der Waals surface area contributed by atoms with E-state index in [2.05, 4.69) is 15.5 Å². The molecule has 0 unspecified atom stereocenters. The minimum absolute atomic E-state index is 0.219. The van der Waals surface area contributed by atoms with Gasteiger partial charge in [-0.3, -0.25) is 14.7 Å². The molecule has 1 heterocycles. The van der Waals surface area contributed by atoms with E-state index in [9.17, 15) is 14.0 Å². The highest BCUT2D eigenvalue weighted by Gasteiger charge is 2.26. The second-order valence-electron chi connectivity index (χ2n) is 5.00. The van der Waals surface area contributed by atoms with Gasteiger partial charge in [0.2, 0.25) is 0 Å². The van der Waals surface area contributed by atoms with Gasteiger partial charge in [-0.15, -0.1) is 0 Å². The van der Waals surface area contributed by atoms with Crippen molar-refractivity contribution in [1.82, 2.24) is 10.2 Å². The fourth-order valence-electron chi connectivity index (χ4n) is 2.04. The molecule has 0 saturated heterocycles. The summed E-state index contributed by atoms with van der Waals surface area (Å²) in [4.78, 5) is 22.9. The first-order chi connectivity index (χ1) is 10.0. The third-order valence-corrected chi connectivity index (χ3v) is 3.34. The van der Waals surface area contributed by atoms with Crippen LogP contribution >= 0.6 is 0 Å². The zero-order valence-electron chi connectivity index (χ0n) is 11.0. The molecular weight excluding hydrogens is 275 g/mol. The van der Waals surface area contributed by atoms with E-state index in [0.717, 1.165) is 24.6 Å². The number of primary amides is 1. The normalized spacial score (nSPS) is 14.0. The number of hydrogen-bond acceptors (Lipinski definition) is 3. The van der Waals surface area contributed by atoms with Crippen molar-refractivity contribution < 1.29 is 14.0 Å². The number of rotatable bonds is 4. The zero-order chi connectivity index (χ0) is 15.0. The maximum absolute atomic E-state index is 13.6. The van der Waals surface area contributed by atoms with E-state index in [0.29, 0.717) is 5.92 Å². The predicted molar refractivity (Wildman–Crippen MR) is 73.4 cm³/mol. The van der Waals surface area contributed by atoms with E-state index in [4.69, 9.17) is 5.73 Å². The van der Waals surface area contributed by atoms with E-state index >= 15 is 0 Å². The Morgan fingerprint density at radius 3 is 2.71 bits per heavy atom. The molecule has 1 saturated carbocycles. The first-order valence-electron chi connectivity index (χ1n) is 6.50. The van der Waals surface area contributed by atoms with Crippen molar-refractivity contribution >= 4 is 17.5 Å². The maximum Gasteiger partial charge on any atom is 0.276 e. The van der Waals surface area contributed by atoms with Gasteiger partial charge < -0.3 is 11.1 Å². The molecule has 4 N–H and O–H groups in total. The minimum atomic E-state index is -0.855. The number of halogens is 1. The molecule has 0 aliphatic heterocycles. The zero-order valence-corrected chi connectivity index (χ0v) is 11.0. The quantitative estimate of drug-likeness (QED) is 0.799. The third kappa shape index (κ3) is 2.76. The van der Waals surface area contributed by atoms with Gasteiger partial charge in [-0.25, -0.2) is 4.39 Å². The fraction of sp³-hybridized carbons (Fsp3) is 0.214. The van der Waals surface area contributed by atoms with Gasteiger partial charge in [-0.1, -0.05) is 0 Å². The molecule has 108 valence electrons. The van der Waals surface area contributed by atoms with Crippen molar-refractivity contribution in [2.45, 2.75) is 18.8 Å². The van der Waals surface area contributed by atoms with Gasteiger partial charge in [0.1, 0.15) is 5.82 Å². The first kappa shape index (κ1) is 13.3. The summed E-state index contributed by atoms with van der Waals surface area (Å²) in [7, 11) is 0. The van der Waals surface area contributed by atoms with Crippen LogP contribution in [0.3, 0.4) is 0 Å². The molecule has 2 aromatic rings. The maximum atomic E-state index is 13.6. The molecule has 1 aromatic carbocycles. The number of hydrogen-bond donors (Lipinski definition) is 3. The Bertz CT molecular complexity index is 722. The Kier molecular flexibility index (Phi) is 3.17. The summed E-state index contributed by atoms with van der Waals surface area (Å²) in [5.41, 5.74) is 6.22. The molecule has 1 aliphatic rings. The van der Waals surface area contributed by atoms with Crippen molar-refractivity contribution in [3.63, 3.8) is 0 Å². The molecule has 0 spiro atoms. The molecule has 0 bridgehead atoms. The Morgan fingerprint density at radius 2 is 2.10 bits per heavy atom. The van der Waals surface area contributed by atoms with Crippen LogP contribution in [-0.4, -0.2) is 22.0 Å². The summed E-state index contributed by atoms with van der Waals surface area (Å²) in [5, 5.41) is 9.28. The highest BCUT2D eigenvalue weighted by atomic mass is 19.1. The molecule has 1 fully saturated rings. The standard InChI is InChI=1S/C14H13FN4O2/c15-10-5-8(3-4-9(10)13(16)20)17-14(21)12-6-11(18-19-12)7-1-2-7/h3-7H,1-2H2,(H2,16,20)(H,17,21)(H,18,19). The largest absolute Gasteiger partial charge is 0.366 e. The smallest absolute Gasteiger partial charge is 0.276 e. The van der Waals surface area contributed by atoms with Crippen LogP contribution in [0.1, 0.15) is 45.3 Å². The first-order valence-corrected chi connectivity index (χ1v) is 6.50. The van der Waals surface area contributed by atoms with Crippen LogP contribution in [0.5, 0.6) is 0 Å². The lowest BCUT2D eigenvalue weighted by molar-refractivity contribution is 0.0994. The van der Waals surface area contributed by atoms with Gasteiger partial charge in [-0.2, -0.15) is 5.10 Å². The number of amides is 2. The average Bonchev–Trinajstić information content (AvgIpc) is 3.16. The molecule has 3 rings (SSSR count). The number of anilines is 1. The third-order valence-electron chi connectivity index (χ3n) is 3.34. The van der Waals surface area contributed by atoms with Crippen molar-refractivity contribution in [1.29, 1.82) is 0 Å². The number of carbonyl (C=O) groups excluding carboxylic acids is 2. The number of nitrogens with one attached hydrogen (secondary N) is 2. The fourth-order valence-corrected chi connectivity index (χ4v) is 2.04. The molecule has 1 aliphatic carbocycles. The number of aromatic nitrogens is 2. The highest BCUT2D eigenvalue weighted by molar-refractivity contribution is 6.03. The summed E-state index contributed by atoms with van der Waals surface area (Å²) in [6, 6.07) is 5.39. The Morgan fingerprint density at radius 1 is 1.33 bits per heavy atom. The summed E-state index contributed by atoms with van der Waals surface area (Å²) >= 11 is 0. The molecule has 1 aromatic heterocycles. The number of aromatic amines is 1. The summed E-state index contributed by atoms with van der Waals surface area (Å²) < 4.78 is 13.6. The number of nitrogens with zero attached hydrogens (tertiary/aromatic N) is 1. The molecule has 7 heteroatoms. The van der Waals surface area contributed by atoms with Gasteiger partial charge in [0.25, 0.3) is 11.8 Å². The van der Waals surface area contributed by atoms with Gasteiger partial charge >= 0.3 is 0 Å². The molecule has 6 nitrogen and oxygen atoms in total. The summed E-state index contributed by atoms with van der Waals surface area (Å²) in [6.07, 6.45) is 2.20. The van der Waals surface area contributed by atoms with Crippen LogP contribution in [-0.2, 0) is 0 Å². The number of carbonyl (C=O) groups is 2. The molecule has 21 heavy (non-hydrogen) atoms. The minimum Gasteiger partial charge on any atom is -0.366 e. The molecule has 0 radical (unpaired) electrons. The van der Waals surface area contributed by atoms with E-state index < -0.39 is 17.6 Å². The summed E-state index contributed by atoms with van der Waals surface area (Å²) in [5.74, 6) is -1.61. The van der Waals surface area contributed by atoms with E-state index in [-0.39, 0.29) is 16.9 Å². The van der Waals surface area contributed by atoms with Gasteiger partial charge in [0.05, 0.1) is 5.56 Å². The van der Waals surface area contributed by atoms with Crippen molar-refractivity contribution in [3.05, 3.63) is 47.0 Å². The summed E-state index contributed by atoms with van der Waals surface area (Å²) in [6.45, 7) is 0. The monoisotopic (exact) mass is 288 g/mol. The number of nitrogens with two attached hydrogens (primary N) is 1. The SMILES string of the molecule is NC(=O)c1ccc(NC(=O)c2cc(C3CC3)[nH]n2)cc1F. The Balaban J connectivity index is 1.74. The molecule has 0 atom stereocenters. The van der Waals surface area contributed by atoms with Gasteiger partial charge in [-0.05, 0) is 37.1 Å². The van der Waals surface area contributed by atoms with Crippen LogP contribution in [0.2, 0.25) is 0 Å². The van der Waals surface area contributed by atoms with Gasteiger partial charge in [0, 0.05) is 17.3 Å². The second-order valence-corrected chi connectivity index (χ2v) is 5.00. The van der Waals surface area contributed by atoms with Gasteiger partial charge in [0.15, 0.2) is 5.69 Å². The lowest BCUT2D eigenvalue weighted by Crippen LogP contribution is -2.15. The topological polar surface area (TPSA) is 101 Å². The van der Waals surface area contributed by atoms with Crippen LogP contribution in [0, 0.1) is 5.82 Å². The van der Waals surface area contributed by atoms with Crippen LogP contribution in [0.25, 0.3) is 0 Å². The lowest BCUT2D eigenvalue weighted by atomic mass is 10.2. The highest BCUT2D eigenvalue weighted by Crippen LogP contribution is 2.39. The van der Waals surface area contributed by atoms with Crippen molar-refractivity contribution in [2.75, 3.05) is 5.32 Å². The number of H-pyrrole nitrogens is 1. The lowest BCUT2D eigenvalue weighted by Gasteiger charge is -2.05. The van der Waals surface area contributed by atoms with E-state index in [1.807, 2.05) is 0 Å². The van der Waals surface area contributed by atoms with Crippen LogP contribution < -0.4 is 11.1 Å². The Labute approximate surface area is 119 Å². The van der Waals surface area contributed by atoms with Crippen LogP contribution in [0.15, 0.2) is 24.3 Å². The average molecular weight is 288 g/mol. The van der Waals surface area contributed by atoms with E-state index in [1.165, 1.54) is 12.1 Å². The predicted octanol–water partition coefficient (Wildman–Crippen LogP) is 1.78. The van der Waals surface area contributed by atoms with E-state index in [1.54, 1.807) is 6.07 Å². The molecular formula is C14H13FN4O2. The Hall–Kier alpha value is -2.70. The second kappa shape index (κ2) is 5.01. The van der Waals surface area contributed by atoms with Crippen molar-refractivity contribution in [2.24, 2.45) is 5.73 Å². The van der Waals surface area contributed by atoms with Crippen molar-refractivity contribution in [3.8, 4) is 0 Å². The molecule has 2 amide bonds.